The molecule has 3 amide bonds. The van der Waals surface area contributed by atoms with E-state index in [9.17, 15) is 14.4 Å². The molecular weight excluding hydrogens is 703 g/mol. The molecule has 2 saturated heterocycles. The minimum Gasteiger partial charge on any atom is -0.444 e. The maximum Gasteiger partial charge on any atom is 0.410 e. The van der Waals surface area contributed by atoms with E-state index in [2.05, 4.69) is 19.6 Å². The number of likely N-dealkylation sites (tertiary alicyclic amines) is 1. The van der Waals surface area contributed by atoms with Crippen molar-refractivity contribution < 1.29 is 33.3 Å². The Morgan fingerprint density at radius 1 is 0.889 bits per heavy atom. The number of carbonyl (C=O) groups excluding carboxylic acids is 3. The van der Waals surface area contributed by atoms with Crippen molar-refractivity contribution in [2.45, 2.75) is 109 Å². The Balaban J connectivity index is 1.33. The van der Waals surface area contributed by atoms with Crippen LogP contribution in [-0.2, 0) is 41.8 Å². The fourth-order valence-corrected chi connectivity index (χ4v) is 8.61. The Kier molecular flexibility index (Phi) is 9.71. The summed E-state index contributed by atoms with van der Waals surface area (Å²) in [5, 5.41) is 1.66. The molecule has 5 heterocycles. The van der Waals surface area contributed by atoms with E-state index < -0.39 is 49.8 Å². The monoisotopic (exact) mass is 755 g/mol. The SMILES string of the molecule is CN1C(=O)C(c2cn(COCC[Si](C)(C)C)c3ccccc23)=C(c2cn(C[C@H]3[C@H]4OC(C)(C)O[C@@H]4[C@@H](N)CN3C(=O)OC(C)(C)C)c3ccccc23)C1=O. The lowest BCUT2D eigenvalue weighted by Gasteiger charge is -2.44. The molecule has 2 aromatic carbocycles. The molecule has 3 aliphatic rings. The van der Waals surface area contributed by atoms with Crippen LogP contribution in [0.4, 0.5) is 4.79 Å². The molecule has 0 saturated carbocycles. The predicted octanol–water partition coefficient (Wildman–Crippen LogP) is 6.28. The number of likely N-dealkylation sites (N-methyl/N-ethyl adjacent to an activating group) is 1. The first kappa shape index (κ1) is 38.0. The summed E-state index contributed by atoms with van der Waals surface area (Å²) in [6.45, 7) is 17.6. The van der Waals surface area contributed by atoms with Gasteiger partial charge in [-0.15, -0.1) is 0 Å². The van der Waals surface area contributed by atoms with Crippen LogP contribution in [0.2, 0.25) is 25.7 Å². The molecule has 13 heteroatoms. The number of aromatic nitrogens is 2. The van der Waals surface area contributed by atoms with E-state index >= 15 is 0 Å². The van der Waals surface area contributed by atoms with Crippen molar-refractivity contribution >= 4 is 58.9 Å². The molecule has 2 aromatic heterocycles. The van der Waals surface area contributed by atoms with E-state index in [-0.39, 0.29) is 18.4 Å². The Morgan fingerprint density at radius 3 is 2.00 bits per heavy atom. The highest BCUT2D eigenvalue weighted by atomic mass is 28.3. The van der Waals surface area contributed by atoms with E-state index in [0.29, 0.717) is 42.2 Å². The van der Waals surface area contributed by atoms with Gasteiger partial charge >= 0.3 is 6.09 Å². The Labute approximate surface area is 317 Å². The number of fused-ring (bicyclic) bond motifs is 3. The second kappa shape index (κ2) is 13.8. The number of carbonyl (C=O) groups is 3. The molecule has 54 heavy (non-hydrogen) atoms. The molecule has 0 radical (unpaired) electrons. The summed E-state index contributed by atoms with van der Waals surface area (Å²) in [5.74, 6) is -1.65. The standard InChI is InChI=1S/C41H53N5O7Si/c1-40(2,3)53-39(49)46-22-29(42)35-36(52-41(4,5)51-35)32(46)23-44-20-27(25-14-10-12-16-30(25)44)33-34(38(48)43(6)37(33)47)28-21-45(24-50-18-19-54(7,8)9)31-17-13-11-15-26(28)31/h10-17,20-21,29,32,35-36H,18-19,22-24,42H2,1-9H3/t29-,32-,35+,36+/m0/s1. The summed E-state index contributed by atoms with van der Waals surface area (Å²) in [5.41, 5.74) is 9.62. The average molecular weight is 756 g/mol. The number of amides is 3. The number of rotatable bonds is 9. The zero-order valence-corrected chi connectivity index (χ0v) is 33.8. The minimum absolute atomic E-state index is 0.214. The molecule has 12 nitrogen and oxygen atoms in total. The van der Waals surface area contributed by atoms with Crippen LogP contribution in [-0.4, -0.2) is 101 Å². The van der Waals surface area contributed by atoms with Crippen LogP contribution in [0.5, 0.6) is 0 Å². The molecule has 288 valence electrons. The number of benzene rings is 2. The number of para-hydroxylation sites is 2. The number of ether oxygens (including phenoxy) is 4. The highest BCUT2D eigenvalue weighted by Crippen LogP contribution is 2.43. The van der Waals surface area contributed by atoms with Gasteiger partial charge in [0, 0.05) is 74.6 Å². The van der Waals surface area contributed by atoms with Crippen molar-refractivity contribution in [3.05, 3.63) is 72.1 Å². The molecule has 0 bridgehead atoms. The van der Waals surface area contributed by atoms with E-state index in [0.717, 1.165) is 27.8 Å². The Hall–Kier alpha value is -4.27. The van der Waals surface area contributed by atoms with Gasteiger partial charge in [-0.25, -0.2) is 4.79 Å². The predicted molar refractivity (Wildman–Crippen MR) is 211 cm³/mol. The molecule has 0 aliphatic carbocycles. The average Bonchev–Trinajstić information content (AvgIpc) is 3.80. The first-order valence-corrected chi connectivity index (χ1v) is 22.5. The third-order valence-corrected chi connectivity index (χ3v) is 12.1. The fourth-order valence-electron chi connectivity index (χ4n) is 7.86. The summed E-state index contributed by atoms with van der Waals surface area (Å²) in [6, 6.07) is 15.7. The lowest BCUT2D eigenvalue weighted by Crippen LogP contribution is -2.65. The lowest BCUT2D eigenvalue weighted by atomic mass is 9.92. The smallest absolute Gasteiger partial charge is 0.410 e. The largest absolute Gasteiger partial charge is 0.444 e. The first-order chi connectivity index (χ1) is 25.3. The molecule has 0 unspecified atom stereocenters. The second-order valence-electron chi connectivity index (χ2n) is 17.4. The Morgan fingerprint density at radius 2 is 1.43 bits per heavy atom. The summed E-state index contributed by atoms with van der Waals surface area (Å²) in [6.07, 6.45) is 2.37. The van der Waals surface area contributed by atoms with Crippen LogP contribution < -0.4 is 5.73 Å². The van der Waals surface area contributed by atoms with Crippen molar-refractivity contribution in [3.63, 3.8) is 0 Å². The van der Waals surface area contributed by atoms with Crippen molar-refractivity contribution in [2.75, 3.05) is 20.2 Å². The van der Waals surface area contributed by atoms with Gasteiger partial charge in [-0.2, -0.15) is 0 Å². The highest BCUT2D eigenvalue weighted by Gasteiger charge is 2.54. The molecule has 0 spiro atoms. The van der Waals surface area contributed by atoms with Gasteiger partial charge in [0.15, 0.2) is 5.79 Å². The third kappa shape index (κ3) is 7.15. The summed E-state index contributed by atoms with van der Waals surface area (Å²) in [7, 11) is 0.244. The second-order valence-corrected chi connectivity index (χ2v) is 23.1. The van der Waals surface area contributed by atoms with Crippen molar-refractivity contribution in [1.29, 1.82) is 0 Å². The molecule has 4 aromatic rings. The fraction of sp³-hybridized carbons (Fsp3) is 0.488. The third-order valence-electron chi connectivity index (χ3n) is 10.4. The first-order valence-electron chi connectivity index (χ1n) is 18.8. The van der Waals surface area contributed by atoms with Crippen LogP contribution in [0.15, 0.2) is 60.9 Å². The Bertz CT molecular complexity index is 2160. The van der Waals surface area contributed by atoms with E-state index in [4.69, 9.17) is 24.7 Å². The van der Waals surface area contributed by atoms with Crippen molar-refractivity contribution in [3.8, 4) is 0 Å². The summed E-state index contributed by atoms with van der Waals surface area (Å²) in [4.78, 5) is 45.0. The van der Waals surface area contributed by atoms with E-state index in [1.165, 1.54) is 11.9 Å². The van der Waals surface area contributed by atoms with Gasteiger partial charge in [0.25, 0.3) is 11.8 Å². The van der Waals surface area contributed by atoms with Crippen LogP contribution in [0, 0.1) is 0 Å². The van der Waals surface area contributed by atoms with Gasteiger partial charge in [0.2, 0.25) is 0 Å². The number of piperidine rings is 1. The number of hydrogen-bond acceptors (Lipinski definition) is 8. The normalized spacial score (nSPS) is 23.3. The molecule has 4 atom stereocenters. The van der Waals surface area contributed by atoms with Crippen LogP contribution in [0.1, 0.15) is 45.7 Å². The van der Waals surface area contributed by atoms with Crippen LogP contribution in [0.25, 0.3) is 33.0 Å². The van der Waals surface area contributed by atoms with Crippen molar-refractivity contribution in [1.82, 2.24) is 18.9 Å². The number of hydrogen-bond donors (Lipinski definition) is 1. The van der Waals surface area contributed by atoms with Gasteiger partial charge < -0.3 is 33.8 Å². The van der Waals surface area contributed by atoms with Gasteiger partial charge in [0.05, 0.1) is 28.7 Å². The number of nitrogens with zero attached hydrogens (tertiary/aromatic N) is 4. The van der Waals surface area contributed by atoms with Gasteiger partial charge in [-0.05, 0) is 52.8 Å². The maximum atomic E-state index is 14.2. The highest BCUT2D eigenvalue weighted by molar-refractivity contribution is 6.76. The van der Waals surface area contributed by atoms with Gasteiger partial charge in [-0.1, -0.05) is 56.0 Å². The molecular formula is C41H53N5O7Si. The van der Waals surface area contributed by atoms with Gasteiger partial charge in [0.1, 0.15) is 24.5 Å². The van der Waals surface area contributed by atoms with Crippen molar-refractivity contribution in [2.24, 2.45) is 5.73 Å². The number of nitrogens with two attached hydrogens (primary N) is 1. The number of imide groups is 1. The zero-order chi connectivity index (χ0) is 38.9. The molecule has 2 N–H and O–H groups in total. The minimum atomic E-state index is -1.28. The summed E-state index contributed by atoms with van der Waals surface area (Å²) >= 11 is 0. The summed E-state index contributed by atoms with van der Waals surface area (Å²) < 4.78 is 28.8. The van der Waals surface area contributed by atoms with Gasteiger partial charge in [-0.3, -0.25) is 19.4 Å². The molecule has 7 rings (SSSR count). The molecule has 3 aliphatic heterocycles. The molecule has 2 fully saturated rings. The van der Waals surface area contributed by atoms with Crippen LogP contribution in [0.3, 0.4) is 0 Å². The zero-order valence-electron chi connectivity index (χ0n) is 32.8. The topological polar surface area (TPSA) is 130 Å². The maximum absolute atomic E-state index is 14.2. The van der Waals surface area contributed by atoms with Crippen LogP contribution >= 0.6 is 0 Å². The lowest BCUT2D eigenvalue weighted by molar-refractivity contribution is -0.149. The van der Waals surface area contributed by atoms with E-state index in [1.807, 2.05) is 105 Å². The van der Waals surface area contributed by atoms with E-state index in [1.54, 1.807) is 4.90 Å². The quantitative estimate of drug-likeness (QED) is 0.120.